The first kappa shape index (κ1) is 9.27. The van der Waals surface area contributed by atoms with E-state index < -0.39 is 6.10 Å². The third-order valence-corrected chi connectivity index (χ3v) is 2.00. The van der Waals surface area contributed by atoms with Crippen molar-refractivity contribution in [3.8, 4) is 6.07 Å². The highest BCUT2D eigenvalue weighted by atomic mass is 35.5. The summed E-state index contributed by atoms with van der Waals surface area (Å²) in [6, 6.07) is 9.02. The molecule has 2 nitrogen and oxygen atoms in total. The summed E-state index contributed by atoms with van der Waals surface area (Å²) in [5.74, 6) is 0. The lowest BCUT2D eigenvalue weighted by atomic mass is 10.1. The third kappa shape index (κ3) is 1.86. The first-order valence-corrected chi connectivity index (χ1v) is 4.04. The smallest absolute Gasteiger partial charge is 0.248 e. The normalized spacial score (nSPS) is 12.1. The average Bonchev–Trinajstić information content (AvgIpc) is 2.10. The van der Waals surface area contributed by atoms with Gasteiger partial charge in [0, 0.05) is 10.6 Å². The van der Waals surface area contributed by atoms with Crippen LogP contribution in [0.1, 0.15) is 11.7 Å². The minimum Gasteiger partial charge on any atom is -0.400 e. The summed E-state index contributed by atoms with van der Waals surface area (Å²) < 4.78 is 4.73. The second-order valence-corrected chi connectivity index (χ2v) is 2.79. The molecule has 0 aliphatic rings. The number of nitrogens with zero attached hydrogens (tertiary/aromatic N) is 1. The summed E-state index contributed by atoms with van der Waals surface area (Å²) in [6.07, 6.45) is -0.657. The Bertz CT molecular complexity index is 310. The molecular weight excluding hydrogens is 190 g/mol. The number of benzene rings is 1. The summed E-state index contributed by atoms with van der Waals surface area (Å²) in [6.45, 7) is 0. The number of rotatable bonds is 2. The Morgan fingerprint density at radius 1 is 1.50 bits per heavy atom. The largest absolute Gasteiger partial charge is 0.400 e. The molecule has 0 unspecified atom stereocenters. The number of hydrogen-bond donors (Lipinski definition) is 0. The average molecular weight is 195 g/mol. The van der Waals surface area contributed by atoms with Crippen LogP contribution in [0.5, 0.6) is 0 Å². The Kier molecular flexibility index (Phi) is 3.29. The van der Waals surface area contributed by atoms with Gasteiger partial charge < -0.3 is 4.43 Å². The van der Waals surface area contributed by atoms with Gasteiger partial charge in [0.15, 0.2) is 6.10 Å². The van der Waals surface area contributed by atoms with Crippen LogP contribution >= 0.6 is 11.6 Å². The van der Waals surface area contributed by atoms with Crippen molar-refractivity contribution >= 4 is 22.1 Å². The van der Waals surface area contributed by atoms with Crippen LogP contribution in [0.25, 0.3) is 0 Å². The van der Waals surface area contributed by atoms with Crippen molar-refractivity contribution in [3.63, 3.8) is 0 Å². The first-order chi connectivity index (χ1) is 5.79. The van der Waals surface area contributed by atoms with Crippen LogP contribution in [0.2, 0.25) is 5.02 Å². The molecule has 0 amide bonds. The first-order valence-electron chi connectivity index (χ1n) is 3.26. The molecule has 1 atom stereocenters. The monoisotopic (exact) mass is 194 g/mol. The standard InChI is InChI=1S/C8H5ClNOSi/c9-7-4-2-1-3-6(7)8(5-10)11-12/h1-4,8H/t8-/m1/s1. The Morgan fingerprint density at radius 3 is 2.67 bits per heavy atom. The summed E-state index contributed by atoms with van der Waals surface area (Å²) in [7, 11) is 2.81. The van der Waals surface area contributed by atoms with E-state index in [1.807, 2.05) is 6.07 Å². The molecule has 0 aromatic heterocycles. The molecule has 59 valence electrons. The second kappa shape index (κ2) is 4.26. The molecule has 0 spiro atoms. The maximum absolute atomic E-state index is 8.64. The fraction of sp³-hybridized carbons (Fsp3) is 0.125. The minimum absolute atomic E-state index is 0.530. The topological polar surface area (TPSA) is 33.0 Å². The van der Waals surface area contributed by atoms with E-state index in [0.717, 1.165) is 0 Å². The number of hydrogen-bond acceptors (Lipinski definition) is 2. The molecule has 1 rings (SSSR count). The van der Waals surface area contributed by atoms with E-state index in [-0.39, 0.29) is 0 Å². The molecule has 0 aliphatic heterocycles. The van der Waals surface area contributed by atoms with Gasteiger partial charge in [0.25, 0.3) is 0 Å². The maximum atomic E-state index is 8.64. The van der Waals surface area contributed by atoms with Crippen LogP contribution < -0.4 is 0 Å². The zero-order valence-electron chi connectivity index (χ0n) is 6.12. The second-order valence-electron chi connectivity index (χ2n) is 2.15. The molecule has 1 aromatic rings. The molecule has 0 saturated heterocycles. The minimum atomic E-state index is -0.657. The highest BCUT2D eigenvalue weighted by Gasteiger charge is 2.10. The van der Waals surface area contributed by atoms with Gasteiger partial charge in [-0.3, -0.25) is 0 Å². The molecule has 0 N–H and O–H groups in total. The van der Waals surface area contributed by atoms with Gasteiger partial charge in [-0.15, -0.1) is 0 Å². The number of nitriles is 1. The predicted molar refractivity (Wildman–Crippen MR) is 46.6 cm³/mol. The molecule has 1 aromatic carbocycles. The van der Waals surface area contributed by atoms with Crippen molar-refractivity contribution in [3.05, 3.63) is 34.9 Å². The lowest BCUT2D eigenvalue weighted by molar-refractivity contribution is 0.290. The van der Waals surface area contributed by atoms with E-state index in [1.165, 1.54) is 0 Å². The lowest BCUT2D eigenvalue weighted by Gasteiger charge is -2.08. The fourth-order valence-corrected chi connectivity index (χ4v) is 1.26. The molecule has 4 heteroatoms. The molecule has 0 aliphatic carbocycles. The maximum Gasteiger partial charge on any atom is 0.248 e. The van der Waals surface area contributed by atoms with Crippen LogP contribution in [0.15, 0.2) is 24.3 Å². The molecule has 3 radical (unpaired) electrons. The van der Waals surface area contributed by atoms with Gasteiger partial charge in [-0.25, -0.2) is 0 Å². The van der Waals surface area contributed by atoms with Crippen molar-refractivity contribution in [2.75, 3.05) is 0 Å². The van der Waals surface area contributed by atoms with Gasteiger partial charge in [0.2, 0.25) is 10.5 Å². The lowest BCUT2D eigenvalue weighted by Crippen LogP contribution is -1.99. The molecule has 0 heterocycles. The molecule has 12 heavy (non-hydrogen) atoms. The van der Waals surface area contributed by atoms with Gasteiger partial charge in [-0.2, -0.15) is 5.26 Å². The SMILES string of the molecule is N#C[C@@H](O[Si])c1ccccc1Cl. The van der Waals surface area contributed by atoms with Crippen LogP contribution in [-0.4, -0.2) is 10.5 Å². The van der Waals surface area contributed by atoms with E-state index in [9.17, 15) is 0 Å². The third-order valence-electron chi connectivity index (χ3n) is 1.42. The Morgan fingerprint density at radius 2 is 2.17 bits per heavy atom. The number of halogens is 1. The quantitative estimate of drug-likeness (QED) is 0.675. The van der Waals surface area contributed by atoms with Crippen molar-refractivity contribution in [1.82, 2.24) is 0 Å². The van der Waals surface area contributed by atoms with Crippen LogP contribution in [0, 0.1) is 11.3 Å². The summed E-state index contributed by atoms with van der Waals surface area (Å²) >= 11 is 5.82. The summed E-state index contributed by atoms with van der Waals surface area (Å²) in [5, 5.41) is 9.17. The van der Waals surface area contributed by atoms with Gasteiger partial charge in [-0.1, -0.05) is 29.8 Å². The predicted octanol–water partition coefficient (Wildman–Crippen LogP) is 2.00. The van der Waals surface area contributed by atoms with Crippen LogP contribution in [0.4, 0.5) is 0 Å². The van der Waals surface area contributed by atoms with Crippen LogP contribution in [0.3, 0.4) is 0 Å². The van der Waals surface area contributed by atoms with Gasteiger partial charge in [0.05, 0.1) is 6.07 Å². The Labute approximate surface area is 79.3 Å². The molecule has 0 fully saturated rings. The summed E-state index contributed by atoms with van der Waals surface area (Å²) in [4.78, 5) is 0. The van der Waals surface area contributed by atoms with E-state index in [0.29, 0.717) is 10.6 Å². The van der Waals surface area contributed by atoms with Crippen molar-refractivity contribution in [2.45, 2.75) is 6.10 Å². The Hall–Kier alpha value is -0.823. The zero-order chi connectivity index (χ0) is 8.97. The highest BCUT2D eigenvalue weighted by molar-refractivity contribution is 6.31. The van der Waals surface area contributed by atoms with E-state index in [4.69, 9.17) is 21.3 Å². The Balaban J connectivity index is 3.02. The molecular formula is C8H5ClNOSi. The van der Waals surface area contributed by atoms with E-state index in [2.05, 4.69) is 10.5 Å². The van der Waals surface area contributed by atoms with Crippen LogP contribution in [-0.2, 0) is 4.43 Å². The van der Waals surface area contributed by atoms with Crippen molar-refractivity contribution in [1.29, 1.82) is 5.26 Å². The molecule has 0 saturated carbocycles. The zero-order valence-corrected chi connectivity index (χ0v) is 7.88. The van der Waals surface area contributed by atoms with E-state index >= 15 is 0 Å². The van der Waals surface area contributed by atoms with Crippen molar-refractivity contribution < 1.29 is 4.43 Å². The fourth-order valence-electron chi connectivity index (χ4n) is 0.847. The van der Waals surface area contributed by atoms with Gasteiger partial charge >= 0.3 is 0 Å². The summed E-state index contributed by atoms with van der Waals surface area (Å²) in [5.41, 5.74) is 0.664. The van der Waals surface area contributed by atoms with Gasteiger partial charge in [-0.05, 0) is 6.07 Å². The van der Waals surface area contributed by atoms with Crippen molar-refractivity contribution in [2.24, 2.45) is 0 Å². The highest BCUT2D eigenvalue weighted by Crippen LogP contribution is 2.23. The van der Waals surface area contributed by atoms with E-state index in [1.54, 1.807) is 24.3 Å². The molecule has 0 bridgehead atoms. The van der Waals surface area contributed by atoms with Gasteiger partial charge in [0.1, 0.15) is 0 Å².